The summed E-state index contributed by atoms with van der Waals surface area (Å²) in [6.45, 7) is -0.944. The lowest BCUT2D eigenvalue weighted by Crippen LogP contribution is -2.19. The molecule has 0 unspecified atom stereocenters. The number of alkyl halides is 3. The largest absolute Gasteiger partial charge is 0.484 e. The second kappa shape index (κ2) is 7.63. The summed E-state index contributed by atoms with van der Waals surface area (Å²) in [4.78, 5) is 0. The Hall–Kier alpha value is -3.27. The van der Waals surface area contributed by atoms with Gasteiger partial charge < -0.3 is 14.5 Å². The van der Waals surface area contributed by atoms with Gasteiger partial charge in [0.25, 0.3) is 0 Å². The molecule has 29 heavy (non-hydrogen) atoms. The third-order valence-corrected chi connectivity index (χ3v) is 4.34. The smallest absolute Gasteiger partial charge is 0.422 e. The summed E-state index contributed by atoms with van der Waals surface area (Å²) in [7, 11) is 0. The standard InChI is InChI=1S/C18H13ClF3N5O2/c19-14-5-10-6-16(17-24-26-27-25-17)29-15(10)7-11(14)8-23-12-1-3-13(4-2-12)28-9-18(20,21)22/h1-7,23H,8-9H2,(H,24,25,26,27). The lowest BCUT2D eigenvalue weighted by atomic mass is 10.1. The number of fused-ring (bicyclic) bond motifs is 1. The molecule has 0 spiro atoms. The number of tetrazole rings is 1. The maximum Gasteiger partial charge on any atom is 0.422 e. The van der Waals surface area contributed by atoms with Crippen LogP contribution in [0.3, 0.4) is 0 Å². The van der Waals surface area contributed by atoms with Gasteiger partial charge in [-0.3, -0.25) is 0 Å². The van der Waals surface area contributed by atoms with Crippen LogP contribution in [0.15, 0.2) is 46.9 Å². The predicted octanol–water partition coefficient (Wildman–Crippen LogP) is 4.82. The van der Waals surface area contributed by atoms with E-state index in [0.29, 0.717) is 34.4 Å². The van der Waals surface area contributed by atoms with Gasteiger partial charge >= 0.3 is 6.18 Å². The third-order valence-electron chi connectivity index (χ3n) is 3.99. The summed E-state index contributed by atoms with van der Waals surface area (Å²) in [5, 5.41) is 18.1. The summed E-state index contributed by atoms with van der Waals surface area (Å²) in [5.41, 5.74) is 2.10. The molecule has 0 atom stereocenters. The van der Waals surface area contributed by atoms with Crippen molar-refractivity contribution in [1.29, 1.82) is 0 Å². The van der Waals surface area contributed by atoms with Crippen LogP contribution in [0.4, 0.5) is 18.9 Å². The Kier molecular flexibility index (Phi) is 5.01. The van der Waals surface area contributed by atoms with Gasteiger partial charge in [0, 0.05) is 22.6 Å². The summed E-state index contributed by atoms with van der Waals surface area (Å²) >= 11 is 6.35. The van der Waals surface area contributed by atoms with Gasteiger partial charge in [0.2, 0.25) is 5.82 Å². The van der Waals surface area contributed by atoms with Gasteiger partial charge in [0.05, 0.1) is 0 Å². The minimum Gasteiger partial charge on any atom is -0.484 e. The van der Waals surface area contributed by atoms with Crippen molar-refractivity contribution in [3.63, 3.8) is 0 Å². The number of halogens is 4. The van der Waals surface area contributed by atoms with Crippen LogP contribution < -0.4 is 10.1 Å². The Bertz CT molecular complexity index is 1110. The number of H-pyrrole nitrogens is 1. The van der Waals surface area contributed by atoms with Crippen LogP contribution in [0, 0.1) is 0 Å². The molecule has 2 aromatic carbocycles. The number of aromatic nitrogens is 4. The van der Waals surface area contributed by atoms with E-state index < -0.39 is 12.8 Å². The summed E-state index contributed by atoms with van der Waals surface area (Å²) in [5.74, 6) is 0.936. The minimum atomic E-state index is -4.37. The van der Waals surface area contributed by atoms with E-state index in [4.69, 9.17) is 16.0 Å². The molecule has 150 valence electrons. The SMILES string of the molecule is FC(F)(F)COc1ccc(NCc2cc3oc(-c4nn[nH]n4)cc3cc2Cl)cc1. The topological polar surface area (TPSA) is 88.9 Å². The average molecular weight is 424 g/mol. The van der Waals surface area contributed by atoms with Crippen LogP contribution in [0.5, 0.6) is 5.75 Å². The molecule has 0 aliphatic heterocycles. The second-order valence-corrected chi connectivity index (χ2v) is 6.52. The Morgan fingerprint density at radius 1 is 1.14 bits per heavy atom. The molecule has 2 N–H and O–H groups in total. The van der Waals surface area contributed by atoms with Crippen LogP contribution in [0.2, 0.25) is 5.02 Å². The minimum absolute atomic E-state index is 0.136. The van der Waals surface area contributed by atoms with E-state index in [0.717, 1.165) is 10.9 Å². The number of nitrogens with one attached hydrogen (secondary N) is 2. The van der Waals surface area contributed by atoms with Crippen LogP contribution >= 0.6 is 11.6 Å². The first-order chi connectivity index (χ1) is 13.9. The van der Waals surface area contributed by atoms with E-state index in [1.807, 2.05) is 0 Å². The van der Waals surface area contributed by atoms with Gasteiger partial charge in [0.1, 0.15) is 11.3 Å². The Morgan fingerprint density at radius 2 is 1.93 bits per heavy atom. The fourth-order valence-corrected chi connectivity index (χ4v) is 2.88. The Labute approximate surface area is 166 Å². The van der Waals surface area contributed by atoms with Crippen molar-refractivity contribution in [2.24, 2.45) is 0 Å². The molecule has 0 amide bonds. The zero-order chi connectivity index (χ0) is 20.4. The molecule has 4 aromatic rings. The average Bonchev–Trinajstić information content (AvgIpc) is 3.34. The van der Waals surface area contributed by atoms with E-state index in [9.17, 15) is 13.2 Å². The molecule has 0 saturated heterocycles. The number of nitrogens with zero attached hydrogens (tertiary/aromatic N) is 3. The van der Waals surface area contributed by atoms with E-state index in [1.54, 1.807) is 30.3 Å². The van der Waals surface area contributed by atoms with Gasteiger partial charge in [0.15, 0.2) is 12.4 Å². The predicted molar refractivity (Wildman–Crippen MR) is 99.7 cm³/mol. The molecule has 0 radical (unpaired) electrons. The molecular formula is C18H13ClF3N5O2. The van der Waals surface area contributed by atoms with Gasteiger partial charge in [-0.2, -0.15) is 18.4 Å². The van der Waals surface area contributed by atoms with Crippen LogP contribution in [-0.4, -0.2) is 33.4 Å². The van der Waals surface area contributed by atoms with Crippen molar-refractivity contribution < 1.29 is 22.3 Å². The highest BCUT2D eigenvalue weighted by atomic mass is 35.5. The molecule has 0 bridgehead atoms. The van der Waals surface area contributed by atoms with Crippen LogP contribution in [-0.2, 0) is 6.54 Å². The number of furan rings is 1. The Balaban J connectivity index is 1.44. The first-order valence-corrected chi connectivity index (χ1v) is 8.74. The number of hydrogen-bond acceptors (Lipinski definition) is 6. The van der Waals surface area contributed by atoms with E-state index in [1.165, 1.54) is 12.1 Å². The highest BCUT2D eigenvalue weighted by molar-refractivity contribution is 6.32. The van der Waals surface area contributed by atoms with Crippen molar-refractivity contribution in [2.75, 3.05) is 11.9 Å². The second-order valence-electron chi connectivity index (χ2n) is 6.11. The summed E-state index contributed by atoms with van der Waals surface area (Å²) in [6.07, 6.45) is -4.37. The van der Waals surface area contributed by atoms with Gasteiger partial charge in [-0.1, -0.05) is 11.6 Å². The zero-order valence-corrected chi connectivity index (χ0v) is 15.4. The normalized spacial score (nSPS) is 11.7. The number of rotatable bonds is 6. The highest BCUT2D eigenvalue weighted by Crippen LogP contribution is 2.30. The molecule has 0 aliphatic carbocycles. The molecule has 2 aromatic heterocycles. The highest BCUT2D eigenvalue weighted by Gasteiger charge is 2.28. The van der Waals surface area contributed by atoms with Gasteiger partial charge in [-0.15, -0.1) is 10.2 Å². The summed E-state index contributed by atoms with van der Waals surface area (Å²) in [6, 6.07) is 11.5. The fourth-order valence-electron chi connectivity index (χ4n) is 2.64. The van der Waals surface area contributed by atoms with Crippen molar-refractivity contribution in [3.05, 3.63) is 53.1 Å². The fraction of sp³-hybridized carbons (Fsp3) is 0.167. The number of ether oxygens (including phenoxy) is 1. The van der Waals surface area contributed by atoms with Crippen LogP contribution in [0.25, 0.3) is 22.6 Å². The third kappa shape index (κ3) is 4.60. The summed E-state index contributed by atoms with van der Waals surface area (Å²) < 4.78 is 47.0. The maximum absolute atomic E-state index is 12.2. The number of benzene rings is 2. The van der Waals surface area contributed by atoms with Gasteiger partial charge in [-0.05, 0) is 53.2 Å². The molecular weight excluding hydrogens is 411 g/mol. The quantitative estimate of drug-likeness (QED) is 0.462. The molecule has 11 heteroatoms. The van der Waals surface area contributed by atoms with Crippen molar-refractivity contribution in [1.82, 2.24) is 20.6 Å². The number of anilines is 1. The van der Waals surface area contributed by atoms with Crippen molar-refractivity contribution in [2.45, 2.75) is 12.7 Å². The Morgan fingerprint density at radius 3 is 2.62 bits per heavy atom. The van der Waals surface area contributed by atoms with Crippen LogP contribution in [0.1, 0.15) is 5.56 Å². The maximum atomic E-state index is 12.2. The monoisotopic (exact) mass is 423 g/mol. The molecule has 0 aliphatic rings. The van der Waals surface area contributed by atoms with E-state index in [-0.39, 0.29) is 5.75 Å². The lowest BCUT2D eigenvalue weighted by molar-refractivity contribution is -0.153. The zero-order valence-electron chi connectivity index (χ0n) is 14.6. The molecule has 2 heterocycles. The number of aromatic amines is 1. The van der Waals surface area contributed by atoms with E-state index >= 15 is 0 Å². The molecule has 0 saturated carbocycles. The van der Waals surface area contributed by atoms with Gasteiger partial charge in [-0.25, -0.2) is 0 Å². The molecule has 4 rings (SSSR count). The van der Waals surface area contributed by atoms with Crippen molar-refractivity contribution >= 4 is 28.3 Å². The number of hydrogen-bond donors (Lipinski definition) is 2. The first kappa shape index (κ1) is 19.1. The van der Waals surface area contributed by atoms with E-state index in [2.05, 4.69) is 30.7 Å². The first-order valence-electron chi connectivity index (χ1n) is 8.37. The van der Waals surface area contributed by atoms with Crippen molar-refractivity contribution in [3.8, 4) is 17.3 Å². The molecule has 0 fully saturated rings. The molecule has 7 nitrogen and oxygen atoms in total. The lowest BCUT2D eigenvalue weighted by Gasteiger charge is -2.11.